The fraction of sp³-hybridized carbons (Fsp3) is 0.364. The third kappa shape index (κ3) is 7.70. The van der Waals surface area contributed by atoms with Crippen molar-refractivity contribution in [2.24, 2.45) is 0 Å². The van der Waals surface area contributed by atoms with Gasteiger partial charge in [-0.15, -0.1) is 0 Å². The molecule has 2 amide bonds. The number of amides is 2. The number of hydrogen-bond acceptors (Lipinski definition) is 4. The summed E-state index contributed by atoms with van der Waals surface area (Å²) in [6.07, 6.45) is 1.45. The molecule has 28 heavy (non-hydrogen) atoms. The first-order valence-corrected chi connectivity index (χ1v) is 9.57. The van der Waals surface area contributed by atoms with Crippen LogP contribution in [0.3, 0.4) is 0 Å². The van der Waals surface area contributed by atoms with Crippen molar-refractivity contribution in [3.05, 3.63) is 59.7 Å². The predicted octanol–water partition coefficient (Wildman–Crippen LogP) is 4.93. The molecule has 2 aromatic rings. The van der Waals surface area contributed by atoms with Crippen molar-refractivity contribution in [3.63, 3.8) is 0 Å². The monoisotopic (exact) mass is 384 g/mol. The zero-order valence-corrected chi connectivity index (χ0v) is 16.7. The number of hydrogen-bond donors (Lipinski definition) is 2. The maximum Gasteiger partial charge on any atom is 0.412 e. The molecule has 0 aliphatic heterocycles. The van der Waals surface area contributed by atoms with Crippen LogP contribution >= 0.6 is 0 Å². The van der Waals surface area contributed by atoms with Gasteiger partial charge in [-0.05, 0) is 56.4 Å². The van der Waals surface area contributed by atoms with E-state index in [0.717, 1.165) is 19.3 Å². The highest BCUT2D eigenvalue weighted by atomic mass is 16.6. The minimum absolute atomic E-state index is 0.213. The van der Waals surface area contributed by atoms with Crippen LogP contribution in [0, 0.1) is 0 Å². The highest BCUT2D eigenvalue weighted by Crippen LogP contribution is 2.18. The van der Waals surface area contributed by atoms with Gasteiger partial charge in [-0.25, -0.2) is 9.59 Å². The summed E-state index contributed by atoms with van der Waals surface area (Å²) < 4.78 is 10.3. The van der Waals surface area contributed by atoms with E-state index in [9.17, 15) is 9.59 Å². The van der Waals surface area contributed by atoms with E-state index in [2.05, 4.69) is 41.8 Å². The van der Waals surface area contributed by atoms with E-state index in [0.29, 0.717) is 18.0 Å². The molecule has 0 bridgehead atoms. The highest BCUT2D eigenvalue weighted by molar-refractivity contribution is 5.85. The number of carbonyl (C=O) groups excluding carboxylic acids is 2. The van der Waals surface area contributed by atoms with Gasteiger partial charge in [-0.2, -0.15) is 0 Å². The summed E-state index contributed by atoms with van der Waals surface area (Å²) in [5.41, 5.74) is 3.06. The molecule has 0 saturated heterocycles. The molecule has 0 fully saturated rings. The van der Waals surface area contributed by atoms with Crippen molar-refractivity contribution >= 4 is 17.9 Å². The molecule has 0 saturated carbocycles. The maximum absolute atomic E-state index is 11.9. The Hall–Kier alpha value is -3.02. The standard InChI is InChI=1S/C22H28N2O4/c1-4-17-10-12-18(13-11-17)7-6-14-23-21(25)28-20-9-5-8-19(15-20)24-22(26)27-16(2)3/h5,8-13,15-16H,4,6-7,14H2,1-3H3,(H,23,25)(H,24,26). The molecule has 150 valence electrons. The van der Waals surface area contributed by atoms with E-state index in [1.165, 1.54) is 11.1 Å². The molecular weight excluding hydrogens is 356 g/mol. The Bertz CT molecular complexity index is 772. The van der Waals surface area contributed by atoms with Crippen molar-refractivity contribution < 1.29 is 19.1 Å². The average molecular weight is 384 g/mol. The zero-order valence-electron chi connectivity index (χ0n) is 16.7. The second-order valence-electron chi connectivity index (χ2n) is 6.70. The van der Waals surface area contributed by atoms with E-state index in [1.54, 1.807) is 38.1 Å². The second kappa shape index (κ2) is 11.0. The molecule has 0 unspecified atom stereocenters. The Morgan fingerprint density at radius 2 is 1.71 bits per heavy atom. The van der Waals surface area contributed by atoms with Gasteiger partial charge in [0.25, 0.3) is 0 Å². The fourth-order valence-electron chi connectivity index (χ4n) is 2.57. The molecule has 2 aromatic carbocycles. The lowest BCUT2D eigenvalue weighted by Gasteiger charge is -2.11. The molecule has 0 aromatic heterocycles. The quantitative estimate of drug-likeness (QED) is 0.633. The molecule has 0 atom stereocenters. The van der Waals surface area contributed by atoms with Crippen LogP contribution < -0.4 is 15.4 Å². The number of aryl methyl sites for hydroxylation is 2. The van der Waals surface area contributed by atoms with E-state index in [1.807, 2.05) is 0 Å². The minimum atomic E-state index is -0.552. The van der Waals surface area contributed by atoms with Crippen molar-refractivity contribution in [2.75, 3.05) is 11.9 Å². The smallest absolute Gasteiger partial charge is 0.412 e. The SMILES string of the molecule is CCc1ccc(CCCNC(=O)Oc2cccc(NC(=O)OC(C)C)c2)cc1. The second-order valence-corrected chi connectivity index (χ2v) is 6.70. The molecule has 0 heterocycles. The summed E-state index contributed by atoms with van der Waals surface area (Å²) in [6.45, 7) is 6.19. The van der Waals surface area contributed by atoms with Crippen molar-refractivity contribution in [3.8, 4) is 5.75 Å². The Morgan fingerprint density at radius 1 is 1.00 bits per heavy atom. The van der Waals surface area contributed by atoms with Crippen LogP contribution in [-0.2, 0) is 17.6 Å². The van der Waals surface area contributed by atoms with Gasteiger partial charge >= 0.3 is 12.2 Å². The average Bonchev–Trinajstić information content (AvgIpc) is 2.65. The van der Waals surface area contributed by atoms with Crippen molar-refractivity contribution in [1.29, 1.82) is 0 Å². The molecule has 2 N–H and O–H groups in total. The van der Waals surface area contributed by atoms with E-state index in [-0.39, 0.29) is 6.10 Å². The summed E-state index contributed by atoms with van der Waals surface area (Å²) in [7, 11) is 0. The summed E-state index contributed by atoms with van der Waals surface area (Å²) in [5, 5.41) is 5.33. The van der Waals surface area contributed by atoms with Gasteiger partial charge in [0.2, 0.25) is 0 Å². The summed E-state index contributed by atoms with van der Waals surface area (Å²) in [6, 6.07) is 15.1. The van der Waals surface area contributed by atoms with Gasteiger partial charge in [0.05, 0.1) is 6.10 Å². The van der Waals surface area contributed by atoms with E-state index in [4.69, 9.17) is 9.47 Å². The third-order valence-electron chi connectivity index (χ3n) is 3.98. The van der Waals surface area contributed by atoms with Crippen LogP contribution in [0.5, 0.6) is 5.75 Å². The lowest BCUT2D eigenvalue weighted by Crippen LogP contribution is -2.28. The first-order valence-electron chi connectivity index (χ1n) is 9.57. The molecule has 6 nitrogen and oxygen atoms in total. The molecule has 2 rings (SSSR count). The number of anilines is 1. The Balaban J connectivity index is 1.73. The van der Waals surface area contributed by atoms with Gasteiger partial charge < -0.3 is 14.8 Å². The molecule has 0 aliphatic rings. The maximum atomic E-state index is 11.9. The van der Waals surface area contributed by atoms with Gasteiger partial charge in [0.1, 0.15) is 5.75 Å². The lowest BCUT2D eigenvalue weighted by atomic mass is 10.1. The Morgan fingerprint density at radius 3 is 2.39 bits per heavy atom. The first kappa shape index (κ1) is 21.3. The van der Waals surface area contributed by atoms with Crippen LogP contribution in [0.2, 0.25) is 0 Å². The van der Waals surface area contributed by atoms with Crippen LogP contribution in [0.15, 0.2) is 48.5 Å². The minimum Gasteiger partial charge on any atom is -0.447 e. The predicted molar refractivity (Wildman–Crippen MR) is 110 cm³/mol. The van der Waals surface area contributed by atoms with Gasteiger partial charge in [0.15, 0.2) is 0 Å². The molecule has 0 aliphatic carbocycles. The van der Waals surface area contributed by atoms with Crippen LogP contribution in [0.4, 0.5) is 15.3 Å². The number of nitrogens with one attached hydrogen (secondary N) is 2. The van der Waals surface area contributed by atoms with Crippen molar-refractivity contribution in [1.82, 2.24) is 5.32 Å². The third-order valence-corrected chi connectivity index (χ3v) is 3.98. The van der Waals surface area contributed by atoms with Crippen LogP contribution in [0.1, 0.15) is 38.3 Å². The first-order chi connectivity index (χ1) is 13.5. The fourth-order valence-corrected chi connectivity index (χ4v) is 2.57. The van der Waals surface area contributed by atoms with Crippen LogP contribution in [0.25, 0.3) is 0 Å². The Labute approximate surface area is 166 Å². The van der Waals surface area contributed by atoms with Gasteiger partial charge in [-0.1, -0.05) is 37.3 Å². The molecule has 0 radical (unpaired) electrons. The summed E-state index contributed by atoms with van der Waals surface area (Å²) >= 11 is 0. The topological polar surface area (TPSA) is 76.7 Å². The zero-order chi connectivity index (χ0) is 20.4. The number of ether oxygens (including phenoxy) is 2. The van der Waals surface area contributed by atoms with Gasteiger partial charge in [0, 0.05) is 18.3 Å². The lowest BCUT2D eigenvalue weighted by molar-refractivity contribution is 0.130. The Kier molecular flexibility index (Phi) is 8.34. The molecule has 0 spiro atoms. The normalized spacial score (nSPS) is 10.4. The summed E-state index contributed by atoms with van der Waals surface area (Å²) in [4.78, 5) is 23.6. The highest BCUT2D eigenvalue weighted by Gasteiger charge is 2.08. The van der Waals surface area contributed by atoms with Gasteiger partial charge in [-0.3, -0.25) is 5.32 Å². The van der Waals surface area contributed by atoms with Crippen LogP contribution in [-0.4, -0.2) is 24.8 Å². The van der Waals surface area contributed by atoms with Crippen molar-refractivity contribution in [2.45, 2.75) is 46.1 Å². The number of rotatable bonds is 8. The molecule has 6 heteroatoms. The molecular formula is C22H28N2O4. The largest absolute Gasteiger partial charge is 0.447 e. The number of benzene rings is 2. The number of carbonyl (C=O) groups is 2. The van der Waals surface area contributed by atoms with E-state index >= 15 is 0 Å². The van der Waals surface area contributed by atoms with E-state index < -0.39 is 12.2 Å². The summed E-state index contributed by atoms with van der Waals surface area (Å²) in [5.74, 6) is 0.343.